The quantitative estimate of drug-likeness (QED) is 0.570. The van der Waals surface area contributed by atoms with Crippen LogP contribution < -0.4 is 11.1 Å². The van der Waals surface area contributed by atoms with Crippen LogP contribution in [-0.2, 0) is 4.79 Å². The molecule has 6 nitrogen and oxygen atoms in total. The number of benzene rings is 1. The molecule has 1 aromatic rings. The maximum absolute atomic E-state index is 11.7. The lowest BCUT2D eigenvalue weighted by Gasteiger charge is -2.14. The Morgan fingerprint density at radius 2 is 1.85 bits per heavy atom. The fourth-order valence-electron chi connectivity index (χ4n) is 2.28. The van der Waals surface area contributed by atoms with Gasteiger partial charge < -0.3 is 21.3 Å². The number of anilines is 2. The average molecular weight is 279 g/mol. The molecule has 1 aromatic carbocycles. The normalized spacial score (nSPS) is 22.9. The maximum Gasteiger partial charge on any atom is 0.224 e. The molecule has 20 heavy (non-hydrogen) atoms. The van der Waals surface area contributed by atoms with Crippen LogP contribution in [0.3, 0.4) is 0 Å². The van der Waals surface area contributed by atoms with Gasteiger partial charge in [-0.15, -0.1) is 0 Å². The lowest BCUT2D eigenvalue weighted by Crippen LogP contribution is -2.24. The molecule has 2 unspecified atom stereocenters. The average Bonchev–Trinajstić information content (AvgIpc) is 2.71. The minimum absolute atomic E-state index is 0.0462. The van der Waals surface area contributed by atoms with E-state index in [1.165, 1.54) is 0 Å². The fourth-order valence-corrected chi connectivity index (χ4v) is 2.28. The van der Waals surface area contributed by atoms with Crippen LogP contribution in [-0.4, -0.2) is 52.9 Å². The summed E-state index contributed by atoms with van der Waals surface area (Å²) in [5.74, 6) is -0.0462. The second-order valence-corrected chi connectivity index (χ2v) is 5.17. The van der Waals surface area contributed by atoms with E-state index in [0.29, 0.717) is 38.2 Å². The first-order valence-electron chi connectivity index (χ1n) is 6.78. The van der Waals surface area contributed by atoms with Crippen LogP contribution in [0.4, 0.5) is 11.4 Å². The lowest BCUT2D eigenvalue weighted by atomic mass is 10.2. The van der Waals surface area contributed by atoms with Crippen molar-refractivity contribution in [1.29, 1.82) is 0 Å². The number of carbonyl (C=O) groups excluding carboxylic acids is 1. The monoisotopic (exact) mass is 279 g/mol. The Hall–Kier alpha value is -1.63. The molecule has 1 heterocycles. The van der Waals surface area contributed by atoms with E-state index in [2.05, 4.69) is 5.32 Å². The number of hydrogen-bond donors (Lipinski definition) is 4. The summed E-state index contributed by atoms with van der Waals surface area (Å²) in [6.07, 6.45) is -0.231. The largest absolute Gasteiger partial charge is 0.399 e. The third kappa shape index (κ3) is 4.19. The number of aliphatic hydroxyl groups is 2. The highest BCUT2D eigenvalue weighted by atomic mass is 16.3. The number of nitrogen functional groups attached to an aromatic ring is 1. The highest BCUT2D eigenvalue weighted by Crippen LogP contribution is 2.13. The Labute approximate surface area is 118 Å². The number of rotatable bonds is 5. The third-order valence-corrected chi connectivity index (χ3v) is 3.41. The Morgan fingerprint density at radius 1 is 1.25 bits per heavy atom. The second-order valence-electron chi connectivity index (χ2n) is 5.17. The van der Waals surface area contributed by atoms with Gasteiger partial charge in [0.15, 0.2) is 0 Å². The van der Waals surface area contributed by atoms with Crippen LogP contribution >= 0.6 is 0 Å². The van der Waals surface area contributed by atoms with Gasteiger partial charge in [-0.3, -0.25) is 9.69 Å². The molecule has 0 bridgehead atoms. The van der Waals surface area contributed by atoms with Crippen molar-refractivity contribution in [2.75, 3.05) is 30.7 Å². The van der Waals surface area contributed by atoms with Gasteiger partial charge in [-0.25, -0.2) is 0 Å². The molecule has 2 rings (SSSR count). The highest BCUT2D eigenvalue weighted by molar-refractivity contribution is 5.90. The number of nitrogens with two attached hydrogens (primary N) is 1. The van der Waals surface area contributed by atoms with Gasteiger partial charge >= 0.3 is 0 Å². The van der Waals surface area contributed by atoms with Gasteiger partial charge in [-0.2, -0.15) is 0 Å². The van der Waals surface area contributed by atoms with Gasteiger partial charge in [0, 0.05) is 30.9 Å². The Balaban J connectivity index is 1.67. The first-order valence-corrected chi connectivity index (χ1v) is 6.78. The summed E-state index contributed by atoms with van der Waals surface area (Å²) < 4.78 is 0. The van der Waals surface area contributed by atoms with Crippen LogP contribution in [0.5, 0.6) is 0 Å². The number of carbonyl (C=O) groups is 1. The number of amides is 1. The molecule has 1 aliphatic heterocycles. The molecule has 5 N–H and O–H groups in total. The molecule has 0 aliphatic carbocycles. The molecule has 110 valence electrons. The summed E-state index contributed by atoms with van der Waals surface area (Å²) in [5, 5.41) is 21.6. The van der Waals surface area contributed by atoms with E-state index < -0.39 is 12.2 Å². The maximum atomic E-state index is 11.7. The van der Waals surface area contributed by atoms with E-state index in [9.17, 15) is 15.0 Å². The summed E-state index contributed by atoms with van der Waals surface area (Å²) in [6, 6.07) is 7.01. The number of likely N-dealkylation sites (tertiary alicyclic amines) is 1. The van der Waals surface area contributed by atoms with E-state index in [0.717, 1.165) is 5.69 Å². The van der Waals surface area contributed by atoms with Crippen molar-refractivity contribution in [3.05, 3.63) is 24.3 Å². The van der Waals surface area contributed by atoms with Gasteiger partial charge in [0.05, 0.1) is 12.2 Å². The number of nitrogens with one attached hydrogen (secondary N) is 1. The number of aliphatic hydroxyl groups excluding tert-OH is 2. The van der Waals surface area contributed by atoms with Crippen molar-refractivity contribution < 1.29 is 15.0 Å². The van der Waals surface area contributed by atoms with E-state index in [1.807, 2.05) is 4.90 Å². The third-order valence-electron chi connectivity index (χ3n) is 3.41. The first-order chi connectivity index (χ1) is 9.54. The molecular formula is C14H21N3O3. The highest BCUT2D eigenvalue weighted by Gasteiger charge is 2.28. The zero-order valence-electron chi connectivity index (χ0n) is 11.3. The van der Waals surface area contributed by atoms with E-state index in [1.54, 1.807) is 24.3 Å². The van der Waals surface area contributed by atoms with Gasteiger partial charge in [0.25, 0.3) is 0 Å². The van der Waals surface area contributed by atoms with Gasteiger partial charge in [-0.05, 0) is 37.2 Å². The van der Waals surface area contributed by atoms with Crippen LogP contribution in [0.25, 0.3) is 0 Å². The summed E-state index contributed by atoms with van der Waals surface area (Å²) >= 11 is 0. The first kappa shape index (κ1) is 14.8. The standard InChI is InChI=1S/C14H21N3O3/c15-10-3-5-11(6-4-10)16-14(20)2-1-7-17-8-12(18)13(19)9-17/h3-6,12-13,18-19H,1-2,7-9,15H2,(H,16,20). The lowest BCUT2D eigenvalue weighted by molar-refractivity contribution is -0.116. The summed E-state index contributed by atoms with van der Waals surface area (Å²) in [6.45, 7) is 1.64. The van der Waals surface area contributed by atoms with Crippen molar-refractivity contribution >= 4 is 17.3 Å². The molecule has 0 aromatic heterocycles. The van der Waals surface area contributed by atoms with Crippen LogP contribution in [0, 0.1) is 0 Å². The van der Waals surface area contributed by atoms with Gasteiger partial charge in [-0.1, -0.05) is 0 Å². The van der Waals surface area contributed by atoms with Crippen molar-refractivity contribution in [2.45, 2.75) is 25.0 Å². The van der Waals surface area contributed by atoms with Crippen molar-refractivity contribution in [1.82, 2.24) is 4.90 Å². The predicted molar refractivity (Wildman–Crippen MR) is 77.2 cm³/mol. The summed E-state index contributed by atoms with van der Waals surface area (Å²) in [7, 11) is 0. The summed E-state index contributed by atoms with van der Waals surface area (Å²) in [5.41, 5.74) is 6.96. The summed E-state index contributed by atoms with van der Waals surface area (Å²) in [4.78, 5) is 13.7. The molecule has 1 fully saturated rings. The Bertz CT molecular complexity index is 439. The van der Waals surface area contributed by atoms with Crippen molar-refractivity contribution in [3.63, 3.8) is 0 Å². The number of nitrogens with zero attached hydrogens (tertiary/aromatic N) is 1. The molecule has 2 atom stereocenters. The number of hydrogen-bond acceptors (Lipinski definition) is 5. The van der Waals surface area contributed by atoms with Crippen LogP contribution in [0.15, 0.2) is 24.3 Å². The Morgan fingerprint density at radius 3 is 2.45 bits per heavy atom. The van der Waals surface area contributed by atoms with E-state index >= 15 is 0 Å². The molecular weight excluding hydrogens is 258 g/mol. The zero-order chi connectivity index (χ0) is 14.5. The van der Waals surface area contributed by atoms with Crippen LogP contribution in [0.2, 0.25) is 0 Å². The van der Waals surface area contributed by atoms with E-state index in [4.69, 9.17) is 5.73 Å². The van der Waals surface area contributed by atoms with Crippen molar-refractivity contribution in [2.24, 2.45) is 0 Å². The molecule has 0 spiro atoms. The number of β-amino-alcohol motifs (C(OH)–C–C–N with tert-alkyl or cyclic N) is 2. The minimum atomic E-state index is -0.668. The SMILES string of the molecule is Nc1ccc(NC(=O)CCCN2CC(O)C(O)C2)cc1. The van der Waals surface area contributed by atoms with E-state index in [-0.39, 0.29) is 5.91 Å². The molecule has 6 heteroatoms. The van der Waals surface area contributed by atoms with Crippen molar-refractivity contribution in [3.8, 4) is 0 Å². The molecule has 0 saturated carbocycles. The van der Waals surface area contributed by atoms with Gasteiger partial charge in [0.2, 0.25) is 5.91 Å². The molecule has 0 radical (unpaired) electrons. The zero-order valence-corrected chi connectivity index (χ0v) is 11.3. The Kier molecular flexibility index (Phi) is 4.94. The fraction of sp³-hybridized carbons (Fsp3) is 0.500. The molecule has 1 aliphatic rings. The molecule has 1 amide bonds. The minimum Gasteiger partial charge on any atom is -0.399 e. The van der Waals surface area contributed by atoms with Crippen LogP contribution in [0.1, 0.15) is 12.8 Å². The second kappa shape index (κ2) is 6.69. The predicted octanol–water partition coefficient (Wildman–Crippen LogP) is 0.0249. The molecule has 1 saturated heterocycles. The topological polar surface area (TPSA) is 98.8 Å². The van der Waals surface area contributed by atoms with Gasteiger partial charge in [0.1, 0.15) is 0 Å². The smallest absolute Gasteiger partial charge is 0.224 e.